The van der Waals surface area contributed by atoms with Crippen molar-refractivity contribution in [2.24, 2.45) is 0 Å². The number of nitrogens with zero attached hydrogens (tertiary/aromatic N) is 1. The highest BCUT2D eigenvalue weighted by molar-refractivity contribution is 6.10. The fourth-order valence-electron chi connectivity index (χ4n) is 10.2. The molecule has 0 spiro atoms. The van der Waals surface area contributed by atoms with Crippen LogP contribution in [0.3, 0.4) is 0 Å². The van der Waals surface area contributed by atoms with E-state index in [4.69, 9.17) is 4.42 Å². The van der Waals surface area contributed by atoms with Crippen molar-refractivity contribution < 1.29 is 4.42 Å². The van der Waals surface area contributed by atoms with Gasteiger partial charge in [-0.3, -0.25) is 0 Å². The zero-order chi connectivity index (χ0) is 40.7. The molecule has 1 aliphatic carbocycles. The van der Waals surface area contributed by atoms with E-state index in [1.54, 1.807) is 0 Å². The van der Waals surface area contributed by atoms with Crippen LogP contribution in [-0.4, -0.2) is 0 Å². The zero-order valence-corrected chi connectivity index (χ0v) is 34.1. The normalized spacial score (nSPS) is 12.9. The van der Waals surface area contributed by atoms with Gasteiger partial charge in [-0.1, -0.05) is 184 Å². The smallest absolute Gasteiger partial charge is 0.143 e. The van der Waals surface area contributed by atoms with E-state index in [0.717, 1.165) is 50.1 Å². The molecule has 0 N–H and O–H groups in total. The molecule has 0 radical (unpaired) electrons. The van der Waals surface area contributed by atoms with Gasteiger partial charge in [0.05, 0.1) is 5.69 Å². The largest absolute Gasteiger partial charge is 0.455 e. The number of para-hydroxylation sites is 2. The second-order valence-electron chi connectivity index (χ2n) is 16.9. The maximum absolute atomic E-state index is 6.70. The van der Waals surface area contributed by atoms with E-state index < -0.39 is 0 Å². The summed E-state index contributed by atoms with van der Waals surface area (Å²) in [4.78, 5) is 2.48. The standard InChI is InChI=1S/C59H41NO/c1-59(2)54-26-9-7-20-50(54)53-36-42(49-24-13-25-52-51-21-8-10-27-56(51)61-58(49)52)37-55(57(53)59)60(43-32-28-40(29-33-43)47-22-11-16-38-14-3-5-18-45(38)47)44-34-30-41(31-35-44)48-23-12-17-39-15-4-6-19-46(39)48/h3-37H,1-2H3. The van der Waals surface area contributed by atoms with Gasteiger partial charge in [0, 0.05) is 33.1 Å². The Bertz CT molecular complexity index is 3360. The Labute approximate surface area is 355 Å². The molecule has 0 unspecified atom stereocenters. The number of anilines is 3. The first kappa shape index (κ1) is 35.3. The summed E-state index contributed by atoms with van der Waals surface area (Å²) in [5, 5.41) is 7.25. The van der Waals surface area contributed by atoms with E-state index in [1.807, 2.05) is 6.07 Å². The van der Waals surface area contributed by atoms with Gasteiger partial charge in [-0.25, -0.2) is 0 Å². The summed E-state index contributed by atoms with van der Waals surface area (Å²) in [7, 11) is 0. The minimum Gasteiger partial charge on any atom is -0.455 e. The highest BCUT2D eigenvalue weighted by Crippen LogP contribution is 2.56. The molecule has 0 atom stereocenters. The van der Waals surface area contributed by atoms with Gasteiger partial charge in [0.1, 0.15) is 11.2 Å². The van der Waals surface area contributed by atoms with E-state index in [9.17, 15) is 0 Å². The second kappa shape index (κ2) is 13.7. The number of rotatable bonds is 6. The molecule has 288 valence electrons. The molecular weight excluding hydrogens is 739 g/mol. The lowest BCUT2D eigenvalue weighted by Gasteiger charge is -2.33. The van der Waals surface area contributed by atoms with Crippen molar-refractivity contribution in [1.29, 1.82) is 0 Å². The predicted octanol–water partition coefficient (Wildman–Crippen LogP) is 16.7. The molecule has 0 fully saturated rings. The minimum absolute atomic E-state index is 0.269. The molecular formula is C59H41NO. The van der Waals surface area contributed by atoms with Crippen LogP contribution in [0.2, 0.25) is 0 Å². The summed E-state index contributed by atoms with van der Waals surface area (Å²) in [6.07, 6.45) is 0. The molecule has 0 amide bonds. The van der Waals surface area contributed by atoms with Gasteiger partial charge >= 0.3 is 0 Å². The quantitative estimate of drug-likeness (QED) is 0.167. The molecule has 1 aliphatic rings. The molecule has 0 aliphatic heterocycles. The van der Waals surface area contributed by atoms with Gasteiger partial charge < -0.3 is 9.32 Å². The van der Waals surface area contributed by atoms with Gasteiger partial charge in [-0.2, -0.15) is 0 Å². The lowest BCUT2D eigenvalue weighted by molar-refractivity contribution is 0.661. The lowest BCUT2D eigenvalue weighted by Crippen LogP contribution is -2.20. The summed E-state index contributed by atoms with van der Waals surface area (Å²) in [5.41, 5.74) is 17.1. The van der Waals surface area contributed by atoms with Crippen LogP contribution in [0.25, 0.3) is 88.0 Å². The molecule has 12 rings (SSSR count). The highest BCUT2D eigenvalue weighted by atomic mass is 16.3. The first-order chi connectivity index (χ1) is 30.0. The Morgan fingerprint density at radius 1 is 0.377 bits per heavy atom. The molecule has 0 bridgehead atoms. The number of hydrogen-bond donors (Lipinski definition) is 0. The maximum Gasteiger partial charge on any atom is 0.143 e. The van der Waals surface area contributed by atoms with Crippen molar-refractivity contribution in [3.8, 4) is 44.5 Å². The average molecular weight is 780 g/mol. The van der Waals surface area contributed by atoms with Crippen LogP contribution < -0.4 is 4.90 Å². The van der Waals surface area contributed by atoms with Crippen molar-refractivity contribution in [2.45, 2.75) is 19.3 Å². The number of furan rings is 1. The lowest BCUT2D eigenvalue weighted by atomic mass is 9.80. The zero-order valence-electron chi connectivity index (χ0n) is 34.1. The van der Waals surface area contributed by atoms with E-state index in [2.05, 4.69) is 225 Å². The first-order valence-electron chi connectivity index (χ1n) is 21.2. The van der Waals surface area contributed by atoms with Crippen molar-refractivity contribution in [3.63, 3.8) is 0 Å². The first-order valence-corrected chi connectivity index (χ1v) is 21.2. The molecule has 0 saturated heterocycles. The maximum atomic E-state index is 6.70. The fourth-order valence-corrected chi connectivity index (χ4v) is 10.2. The molecule has 10 aromatic carbocycles. The topological polar surface area (TPSA) is 16.4 Å². The fraction of sp³-hybridized carbons (Fsp3) is 0.0508. The van der Waals surface area contributed by atoms with Crippen LogP contribution in [0, 0.1) is 0 Å². The Balaban J connectivity index is 1.10. The number of benzene rings is 10. The van der Waals surface area contributed by atoms with Crippen LogP contribution in [0.1, 0.15) is 25.0 Å². The van der Waals surface area contributed by atoms with E-state index >= 15 is 0 Å². The van der Waals surface area contributed by atoms with Crippen molar-refractivity contribution in [2.75, 3.05) is 4.90 Å². The molecule has 1 aromatic heterocycles. The van der Waals surface area contributed by atoms with Gasteiger partial charge in [-0.05, 0) is 114 Å². The molecule has 2 nitrogen and oxygen atoms in total. The Kier molecular flexibility index (Phi) is 7.92. The van der Waals surface area contributed by atoms with Crippen LogP contribution in [0.5, 0.6) is 0 Å². The molecule has 11 aromatic rings. The van der Waals surface area contributed by atoms with Crippen LogP contribution in [-0.2, 0) is 5.41 Å². The van der Waals surface area contributed by atoms with Gasteiger partial charge in [0.25, 0.3) is 0 Å². The van der Waals surface area contributed by atoms with E-state index in [0.29, 0.717) is 0 Å². The summed E-state index contributed by atoms with van der Waals surface area (Å²) < 4.78 is 6.70. The summed E-state index contributed by atoms with van der Waals surface area (Å²) in [6.45, 7) is 4.76. The minimum atomic E-state index is -0.269. The summed E-state index contributed by atoms with van der Waals surface area (Å²) >= 11 is 0. The third-order valence-corrected chi connectivity index (χ3v) is 13.0. The van der Waals surface area contributed by atoms with Gasteiger partial charge in [0.2, 0.25) is 0 Å². The summed E-state index contributed by atoms with van der Waals surface area (Å²) in [5.74, 6) is 0. The molecule has 1 heterocycles. The average Bonchev–Trinajstić information content (AvgIpc) is 3.81. The third kappa shape index (κ3) is 5.56. The number of hydrogen-bond acceptors (Lipinski definition) is 2. The van der Waals surface area contributed by atoms with Crippen LogP contribution in [0.15, 0.2) is 217 Å². The van der Waals surface area contributed by atoms with Gasteiger partial charge in [0.15, 0.2) is 0 Å². The monoisotopic (exact) mass is 779 g/mol. The predicted molar refractivity (Wildman–Crippen MR) is 257 cm³/mol. The van der Waals surface area contributed by atoms with Crippen molar-refractivity contribution in [3.05, 3.63) is 223 Å². The van der Waals surface area contributed by atoms with E-state index in [-0.39, 0.29) is 5.41 Å². The van der Waals surface area contributed by atoms with Crippen molar-refractivity contribution in [1.82, 2.24) is 0 Å². The number of fused-ring (bicyclic) bond motifs is 8. The SMILES string of the molecule is CC1(C)c2ccccc2-c2cc(-c3cccc4c3oc3ccccc34)cc(N(c3ccc(-c4cccc5ccccc45)cc3)c3ccc(-c4cccc5ccccc45)cc3)c21. The summed E-state index contributed by atoms with van der Waals surface area (Å²) in [6, 6.07) is 77.5. The van der Waals surface area contributed by atoms with Crippen LogP contribution in [0.4, 0.5) is 17.1 Å². The molecule has 0 saturated carbocycles. The Morgan fingerprint density at radius 3 is 1.52 bits per heavy atom. The highest BCUT2D eigenvalue weighted by Gasteiger charge is 2.39. The molecule has 61 heavy (non-hydrogen) atoms. The van der Waals surface area contributed by atoms with E-state index in [1.165, 1.54) is 66.1 Å². The Morgan fingerprint density at radius 2 is 0.869 bits per heavy atom. The van der Waals surface area contributed by atoms with Crippen LogP contribution >= 0.6 is 0 Å². The van der Waals surface area contributed by atoms with Gasteiger partial charge in [-0.15, -0.1) is 0 Å². The molecule has 2 heteroatoms. The second-order valence-corrected chi connectivity index (χ2v) is 16.9. The van der Waals surface area contributed by atoms with Crippen molar-refractivity contribution >= 4 is 60.5 Å². The Hall–Kier alpha value is -7.68. The third-order valence-electron chi connectivity index (χ3n) is 13.0.